The molecule has 3 rings (SSSR count). The van der Waals surface area contributed by atoms with Crippen molar-refractivity contribution in [2.75, 3.05) is 7.05 Å². The first-order valence-electron chi connectivity index (χ1n) is 8.59. The van der Waals surface area contributed by atoms with Crippen molar-refractivity contribution in [3.8, 4) is 0 Å². The van der Waals surface area contributed by atoms with Crippen LogP contribution in [-0.2, 0) is 0 Å². The van der Waals surface area contributed by atoms with Crippen molar-refractivity contribution in [3.63, 3.8) is 0 Å². The van der Waals surface area contributed by atoms with Gasteiger partial charge in [-0.1, -0.05) is 55.5 Å². The summed E-state index contributed by atoms with van der Waals surface area (Å²) in [6, 6.07) is 16.8. The summed E-state index contributed by atoms with van der Waals surface area (Å²) < 4.78 is 0. The maximum atomic E-state index is 11.3. The third-order valence-corrected chi connectivity index (χ3v) is 3.92. The van der Waals surface area contributed by atoms with E-state index in [9.17, 15) is 9.59 Å². The Labute approximate surface area is 159 Å². The summed E-state index contributed by atoms with van der Waals surface area (Å²) in [7, 11) is 1.49. The zero-order valence-electron chi connectivity index (χ0n) is 15.4. The number of allylic oxidation sites excluding steroid dienone is 2. The van der Waals surface area contributed by atoms with Crippen LogP contribution in [0.25, 0.3) is 6.08 Å². The summed E-state index contributed by atoms with van der Waals surface area (Å²) in [5.74, 6) is -0.425. The molecule has 5 nitrogen and oxygen atoms in total. The lowest BCUT2D eigenvalue weighted by Gasteiger charge is -2.02. The number of benzene rings is 2. The van der Waals surface area contributed by atoms with Crippen molar-refractivity contribution in [1.82, 2.24) is 4.90 Å². The molecule has 27 heavy (non-hydrogen) atoms. The highest BCUT2D eigenvalue weighted by Gasteiger charge is 2.31. The molecule has 2 amide bonds. The molecule has 5 heteroatoms. The van der Waals surface area contributed by atoms with Crippen molar-refractivity contribution in [2.45, 2.75) is 13.3 Å². The van der Waals surface area contributed by atoms with Crippen molar-refractivity contribution < 1.29 is 14.7 Å². The molecular formula is C22H22N2O3. The maximum Gasteiger partial charge on any atom is 0.261 e. The van der Waals surface area contributed by atoms with E-state index in [1.807, 2.05) is 49.4 Å². The Hall–Kier alpha value is -3.47. The highest BCUT2D eigenvalue weighted by Crippen LogP contribution is 2.20. The molecule has 0 fully saturated rings. The van der Waals surface area contributed by atoms with E-state index in [0.29, 0.717) is 16.8 Å². The van der Waals surface area contributed by atoms with Crippen LogP contribution in [-0.4, -0.2) is 35.1 Å². The van der Waals surface area contributed by atoms with Crippen LogP contribution in [0.1, 0.15) is 39.6 Å². The number of hydrogen-bond donors (Lipinski definition) is 1. The minimum atomic E-state index is -0.212. The van der Waals surface area contributed by atoms with Gasteiger partial charge in [-0.05, 0) is 30.2 Å². The topological polar surface area (TPSA) is 70.0 Å². The van der Waals surface area contributed by atoms with Gasteiger partial charge < -0.3 is 5.11 Å². The van der Waals surface area contributed by atoms with Gasteiger partial charge in [0, 0.05) is 13.3 Å². The lowest BCUT2D eigenvalue weighted by Crippen LogP contribution is -2.24. The van der Waals surface area contributed by atoms with Crippen LogP contribution in [0.3, 0.4) is 0 Å². The zero-order chi connectivity index (χ0) is 19.6. The molecule has 0 saturated heterocycles. The van der Waals surface area contributed by atoms with E-state index >= 15 is 0 Å². The monoisotopic (exact) mass is 362 g/mol. The summed E-state index contributed by atoms with van der Waals surface area (Å²) in [6.07, 6.45) is 7.26. The number of hydrogen-bond acceptors (Lipinski definition) is 4. The van der Waals surface area contributed by atoms with Crippen LogP contribution in [0.5, 0.6) is 0 Å². The van der Waals surface area contributed by atoms with Crippen LogP contribution in [0.15, 0.2) is 77.6 Å². The second-order valence-corrected chi connectivity index (χ2v) is 5.74. The Kier molecular flexibility index (Phi) is 7.26. The molecule has 0 radical (unpaired) electrons. The van der Waals surface area contributed by atoms with E-state index in [2.05, 4.69) is 4.99 Å². The van der Waals surface area contributed by atoms with Gasteiger partial charge in [0.05, 0.1) is 16.8 Å². The number of nitrogens with zero attached hydrogens (tertiary/aromatic N) is 2. The Morgan fingerprint density at radius 2 is 1.56 bits per heavy atom. The van der Waals surface area contributed by atoms with Gasteiger partial charge in [-0.2, -0.15) is 0 Å². The van der Waals surface area contributed by atoms with Gasteiger partial charge in [0.15, 0.2) is 0 Å². The lowest BCUT2D eigenvalue weighted by molar-refractivity contribution is 0.0693. The molecule has 0 unspecified atom stereocenters. The predicted molar refractivity (Wildman–Crippen MR) is 108 cm³/mol. The fraction of sp³-hybridized carbons (Fsp3) is 0.136. The van der Waals surface area contributed by atoms with Gasteiger partial charge in [-0.3, -0.25) is 19.5 Å². The van der Waals surface area contributed by atoms with E-state index in [1.165, 1.54) is 7.05 Å². The lowest BCUT2D eigenvalue weighted by atomic mass is 10.1. The summed E-state index contributed by atoms with van der Waals surface area (Å²) in [4.78, 5) is 27.8. The Morgan fingerprint density at radius 3 is 2.07 bits per heavy atom. The summed E-state index contributed by atoms with van der Waals surface area (Å²) in [5, 5.41) is 8.74. The Balaban J connectivity index is 0.000000198. The van der Waals surface area contributed by atoms with Crippen LogP contribution in [0.4, 0.5) is 0 Å². The van der Waals surface area contributed by atoms with Crippen LogP contribution < -0.4 is 0 Å². The van der Waals surface area contributed by atoms with Crippen molar-refractivity contribution in [3.05, 3.63) is 89.3 Å². The molecule has 0 saturated carbocycles. The van der Waals surface area contributed by atoms with E-state index in [4.69, 9.17) is 5.11 Å². The van der Waals surface area contributed by atoms with Gasteiger partial charge in [0.1, 0.15) is 6.26 Å². The van der Waals surface area contributed by atoms with Gasteiger partial charge in [0.2, 0.25) is 0 Å². The molecular weight excluding hydrogens is 340 g/mol. The molecule has 1 aliphatic heterocycles. The fourth-order valence-corrected chi connectivity index (χ4v) is 2.38. The standard InChI is InChI=1S/C13H15NO.C9H7NO2/c1-2-13(11-15)14-10-6-9-12-7-4-3-5-8-12;1-10-8(11)6-4-2-3-5-7(6)9(10)12/h3-11,15H,2H2,1H3;2-5H,1H3/b9-6+,13-11-,14-10+;. The number of imide groups is 1. The normalized spacial score (nSPS) is 13.9. The summed E-state index contributed by atoms with van der Waals surface area (Å²) in [5.41, 5.74) is 2.82. The quantitative estimate of drug-likeness (QED) is 0.495. The first kappa shape index (κ1) is 19.8. The number of carbonyl (C=O) groups is 2. The van der Waals surface area contributed by atoms with Gasteiger partial charge in [-0.15, -0.1) is 0 Å². The summed E-state index contributed by atoms with van der Waals surface area (Å²) in [6.45, 7) is 1.94. The fourth-order valence-electron chi connectivity index (χ4n) is 2.38. The second-order valence-electron chi connectivity index (χ2n) is 5.74. The molecule has 1 aliphatic rings. The molecule has 2 aromatic rings. The second kappa shape index (κ2) is 9.87. The van der Waals surface area contributed by atoms with E-state index in [0.717, 1.165) is 23.1 Å². The minimum Gasteiger partial charge on any atom is -0.514 e. The first-order valence-corrected chi connectivity index (χ1v) is 8.59. The third-order valence-electron chi connectivity index (χ3n) is 3.92. The zero-order valence-corrected chi connectivity index (χ0v) is 15.4. The van der Waals surface area contributed by atoms with E-state index in [-0.39, 0.29) is 11.8 Å². The molecule has 0 atom stereocenters. The van der Waals surface area contributed by atoms with Crippen molar-refractivity contribution >= 4 is 24.1 Å². The number of carbonyl (C=O) groups excluding carboxylic acids is 2. The molecule has 0 aromatic heterocycles. The summed E-state index contributed by atoms with van der Waals surface area (Å²) >= 11 is 0. The third kappa shape index (κ3) is 5.25. The van der Waals surface area contributed by atoms with Crippen LogP contribution >= 0.6 is 0 Å². The van der Waals surface area contributed by atoms with Gasteiger partial charge in [-0.25, -0.2) is 0 Å². The number of aliphatic hydroxyl groups excluding tert-OH is 1. The smallest absolute Gasteiger partial charge is 0.261 e. The molecule has 1 N–H and O–H groups in total. The number of amides is 2. The molecule has 0 aliphatic carbocycles. The van der Waals surface area contributed by atoms with Crippen molar-refractivity contribution in [1.29, 1.82) is 0 Å². The maximum absolute atomic E-state index is 11.3. The average Bonchev–Trinajstić information content (AvgIpc) is 2.94. The molecule has 1 heterocycles. The Morgan fingerprint density at radius 1 is 1.00 bits per heavy atom. The molecule has 0 spiro atoms. The first-order chi connectivity index (χ1) is 13.1. The molecule has 2 aromatic carbocycles. The Bertz CT molecular complexity index is 848. The van der Waals surface area contributed by atoms with Gasteiger partial charge in [0.25, 0.3) is 11.8 Å². The molecule has 0 bridgehead atoms. The predicted octanol–water partition coefficient (Wildman–Crippen LogP) is 4.49. The van der Waals surface area contributed by atoms with E-state index in [1.54, 1.807) is 30.5 Å². The highest BCUT2D eigenvalue weighted by atomic mass is 16.2. The minimum absolute atomic E-state index is 0.212. The van der Waals surface area contributed by atoms with E-state index < -0.39 is 0 Å². The number of aliphatic imine (C=N–C) groups is 1. The van der Waals surface area contributed by atoms with Crippen LogP contribution in [0.2, 0.25) is 0 Å². The largest absolute Gasteiger partial charge is 0.514 e. The van der Waals surface area contributed by atoms with Crippen molar-refractivity contribution in [2.24, 2.45) is 4.99 Å². The van der Waals surface area contributed by atoms with Gasteiger partial charge >= 0.3 is 0 Å². The average molecular weight is 362 g/mol. The molecule has 138 valence electrons. The number of aliphatic hydroxyl groups is 1. The SMILES string of the molecule is CCC(=C/O)/N=C/C=C/c1ccccc1.CN1C(=O)c2ccccc2C1=O. The number of fused-ring (bicyclic) bond motifs is 1. The number of rotatable bonds is 4. The highest BCUT2D eigenvalue weighted by molar-refractivity contribution is 6.21. The van der Waals surface area contributed by atoms with Crippen LogP contribution in [0, 0.1) is 0 Å².